The minimum absolute atomic E-state index is 0.0775. The van der Waals surface area contributed by atoms with Gasteiger partial charge < -0.3 is 14.7 Å². The summed E-state index contributed by atoms with van der Waals surface area (Å²) in [5.41, 5.74) is 2.81. The number of aryl methyl sites for hydroxylation is 1. The van der Waals surface area contributed by atoms with Crippen LogP contribution in [0.25, 0.3) is 0 Å². The van der Waals surface area contributed by atoms with E-state index in [2.05, 4.69) is 21.8 Å². The van der Waals surface area contributed by atoms with Gasteiger partial charge in [-0.3, -0.25) is 9.52 Å². The van der Waals surface area contributed by atoms with E-state index in [-0.39, 0.29) is 28.4 Å². The lowest BCUT2D eigenvalue weighted by Crippen LogP contribution is -2.51. The summed E-state index contributed by atoms with van der Waals surface area (Å²) in [7, 11) is -1.54. The van der Waals surface area contributed by atoms with Gasteiger partial charge in [-0.1, -0.05) is 36.7 Å². The van der Waals surface area contributed by atoms with Crippen molar-refractivity contribution in [3.05, 3.63) is 70.3 Å². The molecular weight excluding hydrogens is 556 g/mol. The van der Waals surface area contributed by atoms with Gasteiger partial charge in [-0.05, 0) is 112 Å². The maximum absolute atomic E-state index is 13.3. The monoisotopic (exact) mass is 596 g/mol. The van der Waals surface area contributed by atoms with Gasteiger partial charge in [0, 0.05) is 29.1 Å². The van der Waals surface area contributed by atoms with Crippen LogP contribution in [0, 0.1) is 17.8 Å². The quantitative estimate of drug-likeness (QED) is 0.367. The molecule has 6 nitrogen and oxygen atoms in total. The van der Waals surface area contributed by atoms with E-state index < -0.39 is 16.6 Å². The van der Waals surface area contributed by atoms with Gasteiger partial charge in [-0.25, -0.2) is 4.21 Å². The molecule has 2 bridgehead atoms. The fraction of sp³-hybridized carbons (Fsp3) is 0.545. The molecule has 1 fully saturated rings. The number of halogens is 1. The van der Waals surface area contributed by atoms with Gasteiger partial charge in [0.2, 0.25) is 0 Å². The van der Waals surface area contributed by atoms with Crippen molar-refractivity contribution in [3.63, 3.8) is 0 Å². The Balaban J connectivity index is 1.42. The molecule has 0 aromatic heterocycles. The van der Waals surface area contributed by atoms with E-state index in [1.807, 2.05) is 51.1 Å². The molecule has 0 saturated heterocycles. The Bertz CT molecular complexity index is 1390. The van der Waals surface area contributed by atoms with Crippen molar-refractivity contribution in [2.45, 2.75) is 75.6 Å². The predicted molar refractivity (Wildman–Crippen MR) is 165 cm³/mol. The van der Waals surface area contributed by atoms with Gasteiger partial charge in [-0.15, -0.1) is 0 Å². The topological polar surface area (TPSA) is 78.9 Å². The lowest BCUT2D eigenvalue weighted by Gasteiger charge is -2.48. The molecule has 2 heterocycles. The Hall–Kier alpha value is -2.35. The van der Waals surface area contributed by atoms with Crippen molar-refractivity contribution < 1.29 is 18.8 Å². The minimum Gasteiger partial charge on any atom is -0.490 e. The molecule has 2 aromatic rings. The highest BCUT2D eigenvalue weighted by Gasteiger charge is 2.46. The predicted octanol–water partition coefficient (Wildman–Crippen LogP) is 5.97. The summed E-state index contributed by atoms with van der Waals surface area (Å²) in [5.74, 6) is 0.940. The van der Waals surface area contributed by atoms with Crippen LogP contribution >= 0.6 is 11.6 Å². The molecule has 2 aliphatic heterocycles. The normalized spacial score (nSPS) is 36.2. The number of rotatable bonds is 0. The smallest absolute Gasteiger partial charge is 0.263 e. The van der Waals surface area contributed by atoms with Gasteiger partial charge in [0.25, 0.3) is 5.91 Å². The number of amides is 1. The van der Waals surface area contributed by atoms with Crippen molar-refractivity contribution in [1.29, 1.82) is 0 Å². The van der Waals surface area contributed by atoms with Crippen LogP contribution < -0.4 is 14.4 Å². The number of nitrogens with one attached hydrogen (secondary N) is 1. The van der Waals surface area contributed by atoms with E-state index >= 15 is 0 Å². The second-order valence-electron chi connectivity index (χ2n) is 13.0. The molecule has 2 N–H and O–H groups in total. The molecule has 220 valence electrons. The summed E-state index contributed by atoms with van der Waals surface area (Å²) in [5, 5.41) is 12.1. The molecule has 6 rings (SSSR count). The Labute approximate surface area is 251 Å². The van der Waals surface area contributed by atoms with Crippen molar-refractivity contribution in [1.82, 2.24) is 4.72 Å². The van der Waals surface area contributed by atoms with Gasteiger partial charge in [0.15, 0.2) is 0 Å². The first-order valence-electron chi connectivity index (χ1n) is 15.0. The van der Waals surface area contributed by atoms with Crippen LogP contribution in [-0.2, 0) is 22.8 Å². The van der Waals surface area contributed by atoms with Gasteiger partial charge in [0.05, 0.1) is 23.1 Å². The number of fused-ring (bicyclic) bond motifs is 4. The Kier molecular flexibility index (Phi) is 7.75. The lowest BCUT2D eigenvalue weighted by atomic mass is 9.64. The zero-order chi connectivity index (χ0) is 28.9. The van der Waals surface area contributed by atoms with Crippen molar-refractivity contribution in [2.24, 2.45) is 17.8 Å². The summed E-state index contributed by atoms with van der Waals surface area (Å²) in [6, 6.07) is 11.8. The van der Waals surface area contributed by atoms with Gasteiger partial charge in [-0.2, -0.15) is 0 Å². The van der Waals surface area contributed by atoms with E-state index in [1.54, 1.807) is 6.07 Å². The van der Waals surface area contributed by atoms with E-state index in [0.717, 1.165) is 61.7 Å². The second kappa shape index (κ2) is 11.1. The summed E-state index contributed by atoms with van der Waals surface area (Å²) in [6.45, 7) is 7.93. The van der Waals surface area contributed by atoms with Gasteiger partial charge >= 0.3 is 0 Å². The third-order valence-electron chi connectivity index (χ3n) is 10.2. The molecule has 2 aromatic carbocycles. The molecule has 1 spiro atoms. The molecule has 1 saturated carbocycles. The van der Waals surface area contributed by atoms with Crippen LogP contribution in [0.2, 0.25) is 5.02 Å². The third kappa shape index (κ3) is 5.46. The van der Waals surface area contributed by atoms with Crippen LogP contribution in [0.3, 0.4) is 0 Å². The molecule has 8 heteroatoms. The SMILES string of the molecule is CC1C/C=C/[C@@](C)(O)C2CCC2CN2C[C@@]3(CCCc4cc(Cl)ccc43)COc3ccc(cc32)C(=O)NS(=O)C1C. The second-order valence-corrected chi connectivity index (χ2v) is 15.0. The average Bonchev–Trinajstić information content (AvgIpc) is 3.06. The molecule has 4 aliphatic rings. The number of nitrogens with zero attached hydrogens (tertiary/aromatic N) is 1. The first-order valence-corrected chi connectivity index (χ1v) is 16.6. The van der Waals surface area contributed by atoms with Crippen molar-refractivity contribution >= 4 is 34.2 Å². The van der Waals surface area contributed by atoms with E-state index in [1.165, 1.54) is 11.1 Å². The Morgan fingerprint density at radius 3 is 2.78 bits per heavy atom. The maximum atomic E-state index is 13.3. The van der Waals surface area contributed by atoms with Crippen molar-refractivity contribution in [3.8, 4) is 5.75 Å². The number of anilines is 1. The third-order valence-corrected chi connectivity index (χ3v) is 12.0. The molecular formula is C33H41ClN2O4S. The number of benzene rings is 2. The van der Waals surface area contributed by atoms with Gasteiger partial charge in [0.1, 0.15) is 16.7 Å². The highest BCUT2D eigenvalue weighted by Crippen LogP contribution is 2.48. The van der Waals surface area contributed by atoms with E-state index in [4.69, 9.17) is 16.3 Å². The number of carbonyl (C=O) groups excluding carboxylic acids is 1. The summed E-state index contributed by atoms with van der Waals surface area (Å²) in [6.07, 6.45) is 9.75. The molecule has 1 amide bonds. The first-order chi connectivity index (χ1) is 19.6. The number of aliphatic hydroxyl groups is 1. The number of hydrogen-bond acceptors (Lipinski definition) is 5. The fourth-order valence-corrected chi connectivity index (χ4v) is 8.60. The standard InChI is InChI=1S/C33H41ClN2O4S/c1-21-6-4-14-32(3,38)27-11-8-25(27)18-36-19-33(15-5-7-23-16-26(34)10-12-28(23)33)20-40-30-13-9-24(17-29(30)36)31(37)35-41(39)22(21)2/h4,9-10,12-14,16-17,21-22,25,27,38H,5-8,11,15,18-20H2,1-3H3,(H,35,37)/b14-4+/t21?,22?,25?,27?,32-,33+,41?/m1/s1. The van der Waals surface area contributed by atoms with Crippen LogP contribution in [0.15, 0.2) is 48.6 Å². The molecule has 2 aliphatic carbocycles. The van der Waals surface area contributed by atoms with Crippen molar-refractivity contribution in [2.75, 3.05) is 24.6 Å². The lowest BCUT2D eigenvalue weighted by molar-refractivity contribution is -0.0314. The van der Waals surface area contributed by atoms with Crippen LogP contribution in [0.1, 0.15) is 74.4 Å². The first kappa shape index (κ1) is 28.8. The van der Waals surface area contributed by atoms with Crippen LogP contribution in [-0.4, -0.2) is 45.8 Å². The van der Waals surface area contributed by atoms with E-state index in [9.17, 15) is 14.1 Å². The molecule has 0 radical (unpaired) electrons. The van der Waals surface area contributed by atoms with Crippen LogP contribution in [0.5, 0.6) is 5.75 Å². The summed E-state index contributed by atoms with van der Waals surface area (Å²) in [4.78, 5) is 15.7. The average molecular weight is 597 g/mol. The van der Waals surface area contributed by atoms with E-state index in [0.29, 0.717) is 24.5 Å². The Morgan fingerprint density at radius 1 is 1.17 bits per heavy atom. The maximum Gasteiger partial charge on any atom is 0.263 e. The highest BCUT2D eigenvalue weighted by atomic mass is 35.5. The summed E-state index contributed by atoms with van der Waals surface area (Å²) < 4.78 is 22.4. The summed E-state index contributed by atoms with van der Waals surface area (Å²) >= 11 is 6.40. The Morgan fingerprint density at radius 2 is 2.00 bits per heavy atom. The van der Waals surface area contributed by atoms with Crippen LogP contribution in [0.4, 0.5) is 5.69 Å². The largest absolute Gasteiger partial charge is 0.490 e. The number of hydrogen-bond donors (Lipinski definition) is 2. The highest BCUT2D eigenvalue weighted by molar-refractivity contribution is 7.84. The number of ether oxygens (including phenoxy) is 1. The molecule has 41 heavy (non-hydrogen) atoms. The molecule has 7 atom stereocenters. The number of allylic oxidation sites excluding steroid dienone is 1. The fourth-order valence-electron chi connectivity index (χ4n) is 7.39. The molecule has 5 unspecified atom stereocenters. The minimum atomic E-state index is -1.54. The zero-order valence-corrected chi connectivity index (χ0v) is 25.8. The number of carbonyl (C=O) groups is 1. The zero-order valence-electron chi connectivity index (χ0n) is 24.2.